The van der Waals surface area contributed by atoms with Gasteiger partial charge in [0.25, 0.3) is 17.7 Å². The molecule has 3 amide bonds. The molecule has 0 radical (unpaired) electrons. The predicted octanol–water partition coefficient (Wildman–Crippen LogP) is 3.42. The third-order valence-electron chi connectivity index (χ3n) is 7.91. The van der Waals surface area contributed by atoms with Crippen LogP contribution in [0.25, 0.3) is 0 Å². The highest BCUT2D eigenvalue weighted by Gasteiger charge is 2.46. The highest BCUT2D eigenvalue weighted by molar-refractivity contribution is 6.22. The molecule has 4 aliphatic rings. The predicted molar refractivity (Wildman–Crippen MR) is 140 cm³/mol. The van der Waals surface area contributed by atoms with Gasteiger partial charge in [-0.1, -0.05) is 12.1 Å². The Labute approximate surface area is 215 Å². The quantitative estimate of drug-likeness (QED) is 0.621. The van der Waals surface area contributed by atoms with Crippen LogP contribution in [0, 0.1) is 0 Å². The van der Waals surface area contributed by atoms with E-state index in [2.05, 4.69) is 22.5 Å². The number of para-hydroxylation sites is 1. The molecule has 9 heteroatoms. The van der Waals surface area contributed by atoms with Gasteiger partial charge in [-0.25, -0.2) is 0 Å². The summed E-state index contributed by atoms with van der Waals surface area (Å²) in [6, 6.07) is 12.2. The first-order valence-electron chi connectivity index (χ1n) is 13.1. The molecule has 1 spiro atoms. The summed E-state index contributed by atoms with van der Waals surface area (Å²) in [5.74, 6) is -0.268. The van der Waals surface area contributed by atoms with E-state index in [4.69, 9.17) is 4.74 Å². The highest BCUT2D eigenvalue weighted by Crippen LogP contribution is 2.41. The van der Waals surface area contributed by atoms with Crippen LogP contribution in [0.1, 0.15) is 70.1 Å². The van der Waals surface area contributed by atoms with E-state index < -0.39 is 5.91 Å². The fourth-order valence-corrected chi connectivity index (χ4v) is 5.73. The van der Waals surface area contributed by atoms with Crippen LogP contribution < -0.4 is 15.5 Å². The first-order chi connectivity index (χ1) is 17.9. The first-order valence-corrected chi connectivity index (χ1v) is 13.1. The molecule has 6 rings (SSSR count). The van der Waals surface area contributed by atoms with E-state index in [9.17, 15) is 14.4 Å². The minimum absolute atomic E-state index is 0.0272. The highest BCUT2D eigenvalue weighted by atomic mass is 16.5. The van der Waals surface area contributed by atoms with Crippen molar-refractivity contribution in [1.82, 2.24) is 10.2 Å². The van der Waals surface area contributed by atoms with Crippen molar-refractivity contribution in [1.29, 1.82) is 0 Å². The van der Waals surface area contributed by atoms with Gasteiger partial charge in [0.1, 0.15) is 0 Å². The summed E-state index contributed by atoms with van der Waals surface area (Å²) < 4.78 is 5.83. The normalized spacial score (nSPS) is 26.8. The van der Waals surface area contributed by atoms with Crippen LogP contribution >= 0.6 is 0 Å². The zero-order valence-electron chi connectivity index (χ0n) is 21.0. The molecular weight excluding hydrogens is 470 g/mol. The summed E-state index contributed by atoms with van der Waals surface area (Å²) in [6.45, 7) is 4.68. The maximum atomic E-state index is 13.8. The van der Waals surface area contributed by atoms with Gasteiger partial charge in [-0.15, -0.1) is 0 Å². The van der Waals surface area contributed by atoms with Gasteiger partial charge in [0.15, 0.2) is 0 Å². The zero-order valence-corrected chi connectivity index (χ0v) is 21.0. The molecule has 2 aromatic rings. The molecule has 2 atom stereocenters. The van der Waals surface area contributed by atoms with Gasteiger partial charge >= 0.3 is 0 Å². The van der Waals surface area contributed by atoms with E-state index in [1.807, 2.05) is 28.0 Å². The average molecular weight is 502 g/mol. The van der Waals surface area contributed by atoms with E-state index in [0.717, 1.165) is 50.1 Å². The van der Waals surface area contributed by atoms with Gasteiger partial charge in [0.05, 0.1) is 35.7 Å². The van der Waals surface area contributed by atoms with Crippen molar-refractivity contribution in [3.63, 3.8) is 0 Å². The summed E-state index contributed by atoms with van der Waals surface area (Å²) in [4.78, 5) is 47.8. The Kier molecular flexibility index (Phi) is 5.95. The van der Waals surface area contributed by atoms with E-state index in [0.29, 0.717) is 42.3 Å². The zero-order chi connectivity index (χ0) is 25.6. The van der Waals surface area contributed by atoms with E-state index in [-0.39, 0.29) is 23.5 Å². The molecule has 1 unspecified atom stereocenters. The van der Waals surface area contributed by atoms with Gasteiger partial charge in [-0.2, -0.15) is 4.99 Å². The molecule has 9 nitrogen and oxygen atoms in total. The molecule has 0 aromatic heterocycles. The van der Waals surface area contributed by atoms with Crippen LogP contribution in [0.4, 0.5) is 11.4 Å². The van der Waals surface area contributed by atoms with E-state index in [1.54, 1.807) is 24.3 Å². The number of likely N-dealkylation sites (tertiary alicyclic amines) is 1. The van der Waals surface area contributed by atoms with E-state index in [1.165, 1.54) is 0 Å². The Morgan fingerprint density at radius 3 is 2.70 bits per heavy atom. The second kappa shape index (κ2) is 9.30. The summed E-state index contributed by atoms with van der Waals surface area (Å²) in [5.41, 5.74) is 2.71. The van der Waals surface area contributed by atoms with Gasteiger partial charge in [0.2, 0.25) is 5.96 Å². The summed E-state index contributed by atoms with van der Waals surface area (Å²) in [6.07, 6.45) is 4.36. The SMILES string of the molecule is C[C@H]1CCCCNC(=O)c2cccc(c2)C(=O)/N=C2\Nc3cccc(C(=O)N4CCC5(CCO5)C4)c3N21. The lowest BCUT2D eigenvalue weighted by molar-refractivity contribution is -0.135. The Morgan fingerprint density at radius 1 is 1.11 bits per heavy atom. The minimum atomic E-state index is -0.448. The number of nitrogens with one attached hydrogen (secondary N) is 2. The van der Waals surface area contributed by atoms with Gasteiger partial charge in [-0.3, -0.25) is 14.4 Å². The number of ether oxygens (including phenoxy) is 1. The number of guanidine groups is 1. The number of anilines is 2. The van der Waals surface area contributed by atoms with Crippen molar-refractivity contribution < 1.29 is 19.1 Å². The molecule has 37 heavy (non-hydrogen) atoms. The molecule has 192 valence electrons. The molecule has 0 aliphatic carbocycles. The Hall–Kier alpha value is -3.72. The van der Waals surface area contributed by atoms with Crippen molar-refractivity contribution in [3.8, 4) is 0 Å². The molecule has 2 bridgehead atoms. The Morgan fingerprint density at radius 2 is 1.92 bits per heavy atom. The first kappa shape index (κ1) is 23.7. The molecule has 2 fully saturated rings. The van der Waals surface area contributed by atoms with Gasteiger partial charge in [0, 0.05) is 36.7 Å². The smallest absolute Gasteiger partial charge is 0.280 e. The van der Waals surface area contributed by atoms with Crippen molar-refractivity contribution in [2.45, 2.75) is 50.7 Å². The molecule has 4 aliphatic heterocycles. The van der Waals surface area contributed by atoms with Crippen LogP contribution in [0.3, 0.4) is 0 Å². The van der Waals surface area contributed by atoms with Crippen molar-refractivity contribution in [3.05, 3.63) is 59.2 Å². The second-order valence-electron chi connectivity index (χ2n) is 10.4. The van der Waals surface area contributed by atoms with Crippen molar-refractivity contribution in [2.24, 2.45) is 4.99 Å². The molecule has 2 aromatic carbocycles. The van der Waals surface area contributed by atoms with Crippen LogP contribution in [-0.2, 0) is 4.74 Å². The number of carbonyl (C=O) groups is 3. The Balaban J connectivity index is 1.37. The van der Waals surface area contributed by atoms with Crippen LogP contribution in [0.15, 0.2) is 47.5 Å². The molecule has 0 saturated carbocycles. The van der Waals surface area contributed by atoms with Crippen molar-refractivity contribution >= 4 is 35.1 Å². The lowest BCUT2D eigenvalue weighted by atomic mass is 9.94. The summed E-state index contributed by atoms with van der Waals surface area (Å²) in [7, 11) is 0. The number of carbonyl (C=O) groups excluding carboxylic acids is 3. The number of aliphatic imine (C=N–C) groups is 1. The summed E-state index contributed by atoms with van der Waals surface area (Å²) in [5, 5.41) is 6.23. The topological polar surface area (TPSA) is 103 Å². The molecular formula is C28H31N5O4. The number of nitrogens with zero attached hydrogens (tertiary/aromatic N) is 3. The number of hydrogen-bond acceptors (Lipinski definition) is 6. The maximum absolute atomic E-state index is 13.8. The standard InChI is InChI=1S/C28H31N5O4/c1-18-6-2-3-13-29-24(34)19-7-4-8-20(16-19)25(35)31-27-30-22-10-5-9-21(23(22)33(18)27)26(36)32-14-11-28(17-32)12-15-37-28/h4-5,7-10,16,18H,2-3,6,11-15,17H2,1H3,(H,29,34)(H,30,31,35)/t18-,28?/m0/s1. The minimum Gasteiger partial charge on any atom is -0.373 e. The molecule has 2 N–H and O–H groups in total. The number of benzene rings is 2. The largest absolute Gasteiger partial charge is 0.373 e. The number of rotatable bonds is 1. The monoisotopic (exact) mass is 501 g/mol. The van der Waals surface area contributed by atoms with E-state index >= 15 is 0 Å². The van der Waals surface area contributed by atoms with Crippen LogP contribution in [-0.4, -0.2) is 66.5 Å². The average Bonchev–Trinajstić information content (AvgIpc) is 3.50. The third-order valence-corrected chi connectivity index (χ3v) is 7.91. The fraction of sp³-hybridized carbons (Fsp3) is 0.429. The van der Waals surface area contributed by atoms with Gasteiger partial charge < -0.3 is 25.2 Å². The number of fused-ring (bicyclic) bond motifs is 5. The molecule has 2 saturated heterocycles. The second-order valence-corrected chi connectivity index (χ2v) is 10.4. The van der Waals surface area contributed by atoms with Gasteiger partial charge in [-0.05, 0) is 62.9 Å². The van der Waals surface area contributed by atoms with Crippen LogP contribution in [0.2, 0.25) is 0 Å². The fourth-order valence-electron chi connectivity index (χ4n) is 5.73. The van der Waals surface area contributed by atoms with Crippen LogP contribution in [0.5, 0.6) is 0 Å². The number of amides is 3. The van der Waals surface area contributed by atoms with Crippen molar-refractivity contribution in [2.75, 3.05) is 36.5 Å². The Bertz CT molecular complexity index is 1300. The molecule has 4 heterocycles. The lowest BCUT2D eigenvalue weighted by Crippen LogP contribution is -2.46. The number of hydrogen-bond donors (Lipinski definition) is 2. The maximum Gasteiger partial charge on any atom is 0.280 e. The lowest BCUT2D eigenvalue weighted by Gasteiger charge is -2.38. The third kappa shape index (κ3) is 4.27. The summed E-state index contributed by atoms with van der Waals surface area (Å²) >= 11 is 0.